The van der Waals surface area contributed by atoms with E-state index >= 15 is 0 Å². The summed E-state index contributed by atoms with van der Waals surface area (Å²) in [5.74, 6) is 0. The lowest BCUT2D eigenvalue weighted by molar-refractivity contribution is 0.410. The molecule has 0 saturated heterocycles. The summed E-state index contributed by atoms with van der Waals surface area (Å²) in [6.45, 7) is 2.09. The molecule has 0 spiro atoms. The minimum absolute atomic E-state index is 0.306. The smallest absolute Gasteiger partial charge is 0.0638 e. The monoisotopic (exact) mass is 214 g/mol. The summed E-state index contributed by atoms with van der Waals surface area (Å²) < 4.78 is 0. The van der Waals surface area contributed by atoms with Crippen LogP contribution in [0.3, 0.4) is 0 Å². The zero-order chi connectivity index (χ0) is 11.4. The predicted molar refractivity (Wildman–Crippen MR) is 65.1 cm³/mol. The Morgan fingerprint density at radius 1 is 1.44 bits per heavy atom. The summed E-state index contributed by atoms with van der Waals surface area (Å²) in [6.07, 6.45) is 4.05. The van der Waals surface area contributed by atoms with Crippen molar-refractivity contribution in [3.63, 3.8) is 0 Å². The van der Waals surface area contributed by atoms with Gasteiger partial charge in [-0.25, -0.2) is 0 Å². The van der Waals surface area contributed by atoms with E-state index in [1.54, 1.807) is 0 Å². The molecule has 0 bridgehead atoms. The van der Waals surface area contributed by atoms with Crippen LogP contribution in [-0.4, -0.2) is 12.1 Å². The van der Waals surface area contributed by atoms with Crippen molar-refractivity contribution in [1.82, 2.24) is 5.32 Å². The zero-order valence-corrected chi connectivity index (χ0v) is 9.74. The van der Waals surface area contributed by atoms with Crippen LogP contribution in [0.2, 0.25) is 0 Å². The van der Waals surface area contributed by atoms with E-state index < -0.39 is 0 Å². The standard InChI is InChI=1S/C14H18N2/c1-11(8-9-15)16-14-7-6-12-4-2-3-5-13(12)10-14/h2-5,11,14,16H,6-8,10H2,1H3. The summed E-state index contributed by atoms with van der Waals surface area (Å²) in [7, 11) is 0. The molecule has 84 valence electrons. The fraction of sp³-hybridized carbons (Fsp3) is 0.500. The van der Waals surface area contributed by atoms with Gasteiger partial charge in [0.05, 0.1) is 12.5 Å². The molecule has 1 N–H and O–H groups in total. The van der Waals surface area contributed by atoms with Gasteiger partial charge in [-0.05, 0) is 37.3 Å². The number of aryl methyl sites for hydroxylation is 1. The van der Waals surface area contributed by atoms with E-state index in [1.165, 1.54) is 17.5 Å². The van der Waals surface area contributed by atoms with Gasteiger partial charge < -0.3 is 5.32 Å². The molecule has 2 rings (SSSR count). The lowest BCUT2D eigenvalue weighted by Gasteiger charge is -2.27. The first kappa shape index (κ1) is 11.2. The highest BCUT2D eigenvalue weighted by Crippen LogP contribution is 2.21. The van der Waals surface area contributed by atoms with E-state index in [9.17, 15) is 0 Å². The summed E-state index contributed by atoms with van der Waals surface area (Å²) in [5, 5.41) is 12.2. The molecule has 0 saturated carbocycles. The Balaban J connectivity index is 1.95. The van der Waals surface area contributed by atoms with Crippen molar-refractivity contribution >= 4 is 0 Å². The first-order valence-electron chi connectivity index (χ1n) is 5.99. The van der Waals surface area contributed by atoms with E-state index in [0.717, 1.165) is 12.8 Å². The molecule has 1 aromatic carbocycles. The van der Waals surface area contributed by atoms with Crippen molar-refractivity contribution in [1.29, 1.82) is 5.26 Å². The van der Waals surface area contributed by atoms with Crippen LogP contribution in [0.5, 0.6) is 0 Å². The first-order valence-corrected chi connectivity index (χ1v) is 5.99. The maximum atomic E-state index is 8.63. The highest BCUT2D eigenvalue weighted by atomic mass is 14.9. The largest absolute Gasteiger partial charge is 0.310 e. The first-order chi connectivity index (χ1) is 7.79. The van der Waals surface area contributed by atoms with Crippen LogP contribution < -0.4 is 5.32 Å². The number of nitrogens with one attached hydrogen (secondary N) is 1. The fourth-order valence-corrected chi connectivity index (χ4v) is 2.44. The van der Waals surface area contributed by atoms with Crippen LogP contribution in [0, 0.1) is 11.3 Å². The second-order valence-electron chi connectivity index (χ2n) is 4.64. The number of hydrogen-bond donors (Lipinski definition) is 1. The third kappa shape index (κ3) is 2.62. The molecule has 1 aliphatic rings. The molecular weight excluding hydrogens is 196 g/mol. The van der Waals surface area contributed by atoms with Crippen molar-refractivity contribution in [2.24, 2.45) is 0 Å². The van der Waals surface area contributed by atoms with E-state index in [2.05, 4.69) is 42.6 Å². The second kappa shape index (κ2) is 5.14. The van der Waals surface area contributed by atoms with Gasteiger partial charge in [-0.1, -0.05) is 24.3 Å². The molecule has 16 heavy (non-hydrogen) atoms. The number of fused-ring (bicyclic) bond motifs is 1. The molecule has 0 aromatic heterocycles. The molecule has 0 heterocycles. The molecule has 2 atom stereocenters. The minimum atomic E-state index is 0.306. The Bertz CT molecular complexity index is 392. The minimum Gasteiger partial charge on any atom is -0.310 e. The van der Waals surface area contributed by atoms with Gasteiger partial charge in [0.25, 0.3) is 0 Å². The Kier molecular flexibility index (Phi) is 3.58. The Hall–Kier alpha value is -1.33. The van der Waals surface area contributed by atoms with Crippen LogP contribution in [0.1, 0.15) is 30.9 Å². The average molecular weight is 214 g/mol. The van der Waals surface area contributed by atoms with Gasteiger partial charge >= 0.3 is 0 Å². The van der Waals surface area contributed by atoms with Crippen LogP contribution in [-0.2, 0) is 12.8 Å². The van der Waals surface area contributed by atoms with E-state index in [0.29, 0.717) is 18.5 Å². The summed E-state index contributed by atoms with van der Waals surface area (Å²) in [6, 6.07) is 11.7. The number of nitriles is 1. The predicted octanol–water partition coefficient (Wildman–Crippen LogP) is 2.44. The molecule has 0 fully saturated rings. The van der Waals surface area contributed by atoms with Gasteiger partial charge in [-0.15, -0.1) is 0 Å². The average Bonchev–Trinajstić information content (AvgIpc) is 2.29. The van der Waals surface area contributed by atoms with Gasteiger partial charge in [0.1, 0.15) is 0 Å². The third-order valence-electron chi connectivity index (χ3n) is 3.26. The molecule has 2 unspecified atom stereocenters. The van der Waals surface area contributed by atoms with Crippen molar-refractivity contribution < 1.29 is 0 Å². The lowest BCUT2D eigenvalue weighted by Crippen LogP contribution is -2.40. The van der Waals surface area contributed by atoms with Gasteiger partial charge in [-0.2, -0.15) is 5.26 Å². The Labute approximate surface area is 97.3 Å². The van der Waals surface area contributed by atoms with E-state index in [4.69, 9.17) is 5.26 Å². The van der Waals surface area contributed by atoms with Crippen molar-refractivity contribution in [2.75, 3.05) is 0 Å². The van der Waals surface area contributed by atoms with Gasteiger partial charge in [0.15, 0.2) is 0 Å². The number of rotatable bonds is 3. The molecule has 1 aromatic rings. The molecule has 1 aliphatic carbocycles. The van der Waals surface area contributed by atoms with Crippen LogP contribution in [0.15, 0.2) is 24.3 Å². The Morgan fingerprint density at radius 3 is 2.94 bits per heavy atom. The SMILES string of the molecule is CC(CC#N)NC1CCc2ccccc2C1. The molecule has 2 heteroatoms. The van der Waals surface area contributed by atoms with E-state index in [-0.39, 0.29) is 0 Å². The summed E-state index contributed by atoms with van der Waals surface area (Å²) >= 11 is 0. The summed E-state index contributed by atoms with van der Waals surface area (Å²) in [5.41, 5.74) is 2.96. The molecule has 0 aliphatic heterocycles. The normalized spacial score (nSPS) is 20.9. The maximum absolute atomic E-state index is 8.63. The molecule has 2 nitrogen and oxygen atoms in total. The topological polar surface area (TPSA) is 35.8 Å². The highest BCUT2D eigenvalue weighted by molar-refractivity contribution is 5.30. The zero-order valence-electron chi connectivity index (χ0n) is 9.74. The van der Waals surface area contributed by atoms with Crippen molar-refractivity contribution in [3.8, 4) is 6.07 Å². The molecule has 0 amide bonds. The fourth-order valence-electron chi connectivity index (χ4n) is 2.44. The molecule has 0 radical (unpaired) electrons. The second-order valence-corrected chi connectivity index (χ2v) is 4.64. The van der Waals surface area contributed by atoms with Gasteiger partial charge in [0, 0.05) is 12.1 Å². The quantitative estimate of drug-likeness (QED) is 0.839. The number of benzene rings is 1. The lowest BCUT2D eigenvalue weighted by atomic mass is 9.88. The highest BCUT2D eigenvalue weighted by Gasteiger charge is 2.19. The van der Waals surface area contributed by atoms with Gasteiger partial charge in [0.2, 0.25) is 0 Å². The third-order valence-corrected chi connectivity index (χ3v) is 3.26. The number of hydrogen-bond acceptors (Lipinski definition) is 2. The van der Waals surface area contributed by atoms with Gasteiger partial charge in [-0.3, -0.25) is 0 Å². The summed E-state index contributed by atoms with van der Waals surface area (Å²) in [4.78, 5) is 0. The van der Waals surface area contributed by atoms with Crippen LogP contribution >= 0.6 is 0 Å². The van der Waals surface area contributed by atoms with Crippen molar-refractivity contribution in [3.05, 3.63) is 35.4 Å². The molecular formula is C14H18N2. The van der Waals surface area contributed by atoms with Crippen LogP contribution in [0.4, 0.5) is 0 Å². The van der Waals surface area contributed by atoms with E-state index in [1.807, 2.05) is 0 Å². The Morgan fingerprint density at radius 2 is 2.19 bits per heavy atom. The maximum Gasteiger partial charge on any atom is 0.0638 e. The number of nitrogens with zero attached hydrogens (tertiary/aromatic N) is 1. The van der Waals surface area contributed by atoms with Crippen LogP contribution in [0.25, 0.3) is 0 Å². The van der Waals surface area contributed by atoms with Crippen molar-refractivity contribution in [2.45, 2.75) is 44.7 Å².